The van der Waals surface area contributed by atoms with E-state index in [0.29, 0.717) is 34.2 Å². The highest BCUT2D eigenvalue weighted by Crippen LogP contribution is 2.38. The third-order valence-corrected chi connectivity index (χ3v) is 6.03. The van der Waals surface area contributed by atoms with Crippen LogP contribution < -0.4 is 20.5 Å². The molecule has 1 aromatic carbocycles. The number of hydrogen-bond acceptors (Lipinski definition) is 5. The lowest BCUT2D eigenvalue weighted by molar-refractivity contribution is 0.100. The average Bonchev–Trinajstić information content (AvgIpc) is 3.06. The zero-order valence-corrected chi connectivity index (χ0v) is 17.1. The first kappa shape index (κ1) is 20.2. The van der Waals surface area contributed by atoms with Gasteiger partial charge in [-0.2, -0.15) is 0 Å². The number of methoxy groups -OCH3 is 1. The van der Waals surface area contributed by atoms with E-state index in [1.54, 1.807) is 25.3 Å². The molecule has 28 heavy (non-hydrogen) atoms. The molecule has 0 radical (unpaired) electrons. The smallest absolute Gasteiger partial charge is 0.256 e. The number of fused-ring (bicyclic) bond motifs is 1. The number of carbonyl (C=O) groups excluding carboxylic acids is 2. The number of rotatable bonds is 8. The number of unbranched alkanes of at least 4 members (excludes halogenated alkanes) is 1. The number of anilines is 1. The molecule has 1 heterocycles. The van der Waals surface area contributed by atoms with Gasteiger partial charge in [0.2, 0.25) is 0 Å². The lowest BCUT2D eigenvalue weighted by Crippen LogP contribution is -2.18. The predicted molar refractivity (Wildman–Crippen MR) is 111 cm³/mol. The monoisotopic (exact) mass is 402 g/mol. The molecule has 2 aromatic rings. The number of primary amides is 1. The number of aryl methyl sites for hydroxylation is 1. The van der Waals surface area contributed by atoms with E-state index in [2.05, 4.69) is 12.2 Å². The highest BCUT2D eigenvalue weighted by molar-refractivity contribution is 7.17. The molecule has 0 saturated heterocycles. The summed E-state index contributed by atoms with van der Waals surface area (Å²) >= 11 is 1.45. The fraction of sp³-hybridized carbons (Fsp3) is 0.429. The van der Waals surface area contributed by atoms with Crippen molar-refractivity contribution < 1.29 is 19.1 Å². The lowest BCUT2D eigenvalue weighted by atomic mass is 9.95. The van der Waals surface area contributed by atoms with Gasteiger partial charge in [-0.3, -0.25) is 9.59 Å². The third kappa shape index (κ3) is 4.30. The van der Waals surface area contributed by atoms with Gasteiger partial charge in [-0.05, 0) is 55.9 Å². The molecule has 0 atom stereocenters. The van der Waals surface area contributed by atoms with E-state index < -0.39 is 5.91 Å². The van der Waals surface area contributed by atoms with Gasteiger partial charge < -0.3 is 20.5 Å². The second-order valence-corrected chi connectivity index (χ2v) is 7.91. The van der Waals surface area contributed by atoms with Crippen LogP contribution in [0.25, 0.3) is 0 Å². The first-order chi connectivity index (χ1) is 13.5. The van der Waals surface area contributed by atoms with Crippen LogP contribution in [0.2, 0.25) is 0 Å². The van der Waals surface area contributed by atoms with Crippen molar-refractivity contribution in [3.63, 3.8) is 0 Å². The van der Waals surface area contributed by atoms with Crippen molar-refractivity contribution in [3.8, 4) is 11.5 Å². The molecule has 1 aromatic heterocycles. The number of ether oxygens (including phenoxy) is 2. The molecule has 3 rings (SSSR count). The molecule has 150 valence electrons. The van der Waals surface area contributed by atoms with Crippen LogP contribution in [-0.2, 0) is 12.8 Å². The summed E-state index contributed by atoms with van der Waals surface area (Å²) in [6, 6.07) is 5.07. The zero-order valence-electron chi connectivity index (χ0n) is 16.3. The van der Waals surface area contributed by atoms with Gasteiger partial charge >= 0.3 is 0 Å². The number of nitrogens with one attached hydrogen (secondary N) is 1. The largest absolute Gasteiger partial charge is 0.493 e. The van der Waals surface area contributed by atoms with Crippen LogP contribution >= 0.6 is 11.3 Å². The van der Waals surface area contributed by atoms with E-state index in [1.807, 2.05) is 0 Å². The number of amides is 2. The molecule has 0 bridgehead atoms. The van der Waals surface area contributed by atoms with Crippen molar-refractivity contribution in [2.75, 3.05) is 19.0 Å². The van der Waals surface area contributed by atoms with E-state index in [-0.39, 0.29) is 5.91 Å². The number of thiophene rings is 1. The summed E-state index contributed by atoms with van der Waals surface area (Å²) < 4.78 is 11.1. The summed E-state index contributed by atoms with van der Waals surface area (Å²) in [6.07, 6.45) is 5.87. The van der Waals surface area contributed by atoms with Crippen LogP contribution in [0.4, 0.5) is 5.00 Å². The van der Waals surface area contributed by atoms with E-state index >= 15 is 0 Å². The molecule has 0 aliphatic heterocycles. The zero-order chi connectivity index (χ0) is 20.1. The molecule has 6 nitrogen and oxygen atoms in total. The number of hydrogen-bond donors (Lipinski definition) is 2. The van der Waals surface area contributed by atoms with Gasteiger partial charge in [-0.1, -0.05) is 13.3 Å². The van der Waals surface area contributed by atoms with Gasteiger partial charge in [0.25, 0.3) is 11.8 Å². The second-order valence-electron chi connectivity index (χ2n) is 6.80. The minimum atomic E-state index is -0.494. The summed E-state index contributed by atoms with van der Waals surface area (Å²) in [4.78, 5) is 25.9. The van der Waals surface area contributed by atoms with E-state index in [1.165, 1.54) is 11.3 Å². The fourth-order valence-electron chi connectivity index (χ4n) is 3.34. The van der Waals surface area contributed by atoms with Gasteiger partial charge in [-0.25, -0.2) is 0 Å². The van der Waals surface area contributed by atoms with E-state index in [0.717, 1.165) is 49.0 Å². The lowest BCUT2D eigenvalue weighted by Gasteiger charge is -2.12. The quantitative estimate of drug-likeness (QED) is 0.649. The molecule has 0 unspecified atom stereocenters. The Morgan fingerprint density at radius 2 is 2.00 bits per heavy atom. The van der Waals surface area contributed by atoms with Gasteiger partial charge in [-0.15, -0.1) is 11.3 Å². The molecule has 3 N–H and O–H groups in total. The highest BCUT2D eigenvalue weighted by Gasteiger charge is 2.25. The van der Waals surface area contributed by atoms with Crippen molar-refractivity contribution in [2.45, 2.75) is 45.4 Å². The van der Waals surface area contributed by atoms with Gasteiger partial charge in [0.15, 0.2) is 11.5 Å². The maximum absolute atomic E-state index is 12.8. The summed E-state index contributed by atoms with van der Waals surface area (Å²) in [5, 5.41) is 3.40. The summed E-state index contributed by atoms with van der Waals surface area (Å²) in [7, 11) is 1.54. The fourth-order valence-corrected chi connectivity index (χ4v) is 4.63. The van der Waals surface area contributed by atoms with E-state index in [9.17, 15) is 9.59 Å². The molecule has 2 amide bonds. The van der Waals surface area contributed by atoms with Crippen LogP contribution in [0.3, 0.4) is 0 Å². The van der Waals surface area contributed by atoms with Gasteiger partial charge in [0.05, 0.1) is 19.3 Å². The molecule has 0 spiro atoms. The maximum atomic E-state index is 12.8. The Kier molecular flexibility index (Phi) is 6.57. The molecular formula is C21H26N2O4S. The Balaban J connectivity index is 1.81. The summed E-state index contributed by atoms with van der Waals surface area (Å²) in [6.45, 7) is 2.69. The van der Waals surface area contributed by atoms with Crippen molar-refractivity contribution in [3.05, 3.63) is 39.8 Å². The standard InChI is InChI=1S/C21H26N2O4S/c1-3-4-11-27-15-10-9-13(12-16(15)26-2)20(25)23-21-18(19(22)24)14-7-5-6-8-17(14)28-21/h9-10,12H,3-8,11H2,1-2H3,(H2,22,24)(H,23,25). The molecule has 0 saturated carbocycles. The number of carbonyl (C=O) groups is 2. The highest BCUT2D eigenvalue weighted by atomic mass is 32.1. The summed E-state index contributed by atoms with van der Waals surface area (Å²) in [5.74, 6) is 0.313. The van der Waals surface area contributed by atoms with Crippen LogP contribution in [0.1, 0.15) is 63.8 Å². The number of nitrogens with two attached hydrogens (primary N) is 1. The summed E-state index contributed by atoms with van der Waals surface area (Å²) in [5.41, 5.74) is 7.49. The Morgan fingerprint density at radius 1 is 1.21 bits per heavy atom. The number of benzene rings is 1. The van der Waals surface area contributed by atoms with Gasteiger partial charge in [0, 0.05) is 10.4 Å². The topological polar surface area (TPSA) is 90.6 Å². The maximum Gasteiger partial charge on any atom is 0.256 e. The first-order valence-electron chi connectivity index (χ1n) is 9.61. The van der Waals surface area contributed by atoms with Crippen molar-refractivity contribution in [1.82, 2.24) is 0 Å². The van der Waals surface area contributed by atoms with Gasteiger partial charge in [0.1, 0.15) is 5.00 Å². The Hall–Kier alpha value is -2.54. The van der Waals surface area contributed by atoms with Crippen LogP contribution in [0.15, 0.2) is 18.2 Å². The van der Waals surface area contributed by atoms with Crippen molar-refractivity contribution >= 4 is 28.2 Å². The average molecular weight is 403 g/mol. The van der Waals surface area contributed by atoms with Crippen LogP contribution in [-0.4, -0.2) is 25.5 Å². The molecule has 1 aliphatic carbocycles. The van der Waals surface area contributed by atoms with Crippen molar-refractivity contribution in [1.29, 1.82) is 0 Å². The first-order valence-corrected chi connectivity index (χ1v) is 10.4. The normalized spacial score (nSPS) is 12.9. The van der Waals surface area contributed by atoms with Crippen LogP contribution in [0.5, 0.6) is 11.5 Å². The molecular weight excluding hydrogens is 376 g/mol. The Labute approximate surface area is 169 Å². The third-order valence-electron chi connectivity index (χ3n) is 4.83. The van der Waals surface area contributed by atoms with Crippen molar-refractivity contribution in [2.24, 2.45) is 5.73 Å². The SMILES string of the molecule is CCCCOc1ccc(C(=O)Nc2sc3c(c2C(N)=O)CCCC3)cc1OC. The van der Waals surface area contributed by atoms with E-state index in [4.69, 9.17) is 15.2 Å². The molecule has 1 aliphatic rings. The molecule has 0 fully saturated rings. The Bertz CT molecular complexity index is 876. The second kappa shape index (κ2) is 9.10. The Morgan fingerprint density at radius 3 is 2.71 bits per heavy atom. The minimum Gasteiger partial charge on any atom is -0.493 e. The molecule has 7 heteroatoms. The predicted octanol–water partition coefficient (Wildman–Crippen LogP) is 4.17. The van der Waals surface area contributed by atoms with Crippen LogP contribution in [0, 0.1) is 0 Å². The minimum absolute atomic E-state index is 0.306.